The maximum Gasteiger partial charge on any atom is 0.267 e. The van der Waals surface area contributed by atoms with E-state index >= 15 is 0 Å². The molecule has 33 heavy (non-hydrogen) atoms. The zero-order valence-corrected chi connectivity index (χ0v) is 19.9. The first-order chi connectivity index (χ1) is 15.8. The summed E-state index contributed by atoms with van der Waals surface area (Å²) < 4.78 is 5.76. The third kappa shape index (κ3) is 4.69. The number of furan rings is 1. The van der Waals surface area contributed by atoms with Gasteiger partial charge >= 0.3 is 0 Å². The van der Waals surface area contributed by atoms with Crippen LogP contribution in [0.15, 0.2) is 40.3 Å². The van der Waals surface area contributed by atoms with Crippen LogP contribution in [0.2, 0.25) is 10.0 Å². The second kappa shape index (κ2) is 9.44. The van der Waals surface area contributed by atoms with E-state index in [4.69, 9.17) is 33.4 Å². The molecule has 3 aromatic rings. The van der Waals surface area contributed by atoms with Gasteiger partial charge in [-0.2, -0.15) is 5.26 Å². The van der Waals surface area contributed by atoms with Crippen molar-refractivity contribution < 1.29 is 14.0 Å². The second-order valence-electron chi connectivity index (χ2n) is 7.85. The molecule has 1 atom stereocenters. The van der Waals surface area contributed by atoms with E-state index in [1.807, 2.05) is 6.07 Å². The van der Waals surface area contributed by atoms with Crippen LogP contribution in [0.3, 0.4) is 0 Å². The quantitative estimate of drug-likeness (QED) is 0.327. The SMILES string of the molecule is CC1CCc2c(sc(NC(=O)C(C#N)=Cc3ccc(-c4cccc(Cl)c4Cl)o3)c2C(N)=O)C1. The summed E-state index contributed by atoms with van der Waals surface area (Å²) in [6, 6.07) is 10.3. The number of primary amides is 1. The highest BCUT2D eigenvalue weighted by molar-refractivity contribution is 7.17. The van der Waals surface area contributed by atoms with E-state index in [0.29, 0.717) is 43.6 Å². The third-order valence-corrected chi connectivity index (χ3v) is 7.47. The zero-order chi connectivity index (χ0) is 23.7. The van der Waals surface area contributed by atoms with Gasteiger partial charge in [0.15, 0.2) is 0 Å². The summed E-state index contributed by atoms with van der Waals surface area (Å²) in [4.78, 5) is 26.0. The Morgan fingerprint density at radius 3 is 2.82 bits per heavy atom. The molecule has 2 heterocycles. The van der Waals surface area contributed by atoms with Crippen LogP contribution in [-0.4, -0.2) is 11.8 Å². The van der Waals surface area contributed by atoms with Crippen molar-refractivity contribution in [2.24, 2.45) is 11.7 Å². The number of carbonyl (C=O) groups excluding carboxylic acids is 2. The lowest BCUT2D eigenvalue weighted by atomic mass is 9.88. The molecule has 4 rings (SSSR count). The van der Waals surface area contributed by atoms with Crippen LogP contribution < -0.4 is 11.1 Å². The van der Waals surface area contributed by atoms with E-state index in [1.165, 1.54) is 17.4 Å². The van der Waals surface area contributed by atoms with Crippen LogP contribution in [-0.2, 0) is 17.6 Å². The third-order valence-electron chi connectivity index (χ3n) is 5.48. The average molecular weight is 500 g/mol. The number of hydrogen-bond acceptors (Lipinski definition) is 5. The van der Waals surface area contributed by atoms with Gasteiger partial charge in [0.25, 0.3) is 11.8 Å². The maximum atomic E-state index is 12.8. The number of nitrogens with one attached hydrogen (secondary N) is 1. The molecule has 0 aliphatic heterocycles. The number of anilines is 1. The zero-order valence-electron chi connectivity index (χ0n) is 17.6. The van der Waals surface area contributed by atoms with Gasteiger partial charge in [-0.05, 0) is 55.0 Å². The lowest BCUT2D eigenvalue weighted by Gasteiger charge is -2.18. The summed E-state index contributed by atoms with van der Waals surface area (Å²) >= 11 is 13.6. The summed E-state index contributed by atoms with van der Waals surface area (Å²) in [6.45, 7) is 2.15. The molecule has 2 amide bonds. The summed E-state index contributed by atoms with van der Waals surface area (Å²) in [5.41, 5.74) is 7.26. The van der Waals surface area contributed by atoms with Gasteiger partial charge in [0.2, 0.25) is 0 Å². The van der Waals surface area contributed by atoms with Crippen molar-refractivity contribution in [2.75, 3.05) is 5.32 Å². The molecule has 0 saturated heterocycles. The van der Waals surface area contributed by atoms with Crippen molar-refractivity contribution >= 4 is 57.4 Å². The first-order valence-corrected chi connectivity index (χ1v) is 11.8. The predicted molar refractivity (Wildman–Crippen MR) is 130 cm³/mol. The minimum absolute atomic E-state index is 0.178. The summed E-state index contributed by atoms with van der Waals surface area (Å²) in [6.07, 6.45) is 3.86. The molecule has 0 radical (unpaired) electrons. The number of nitrogens with two attached hydrogens (primary N) is 1. The van der Waals surface area contributed by atoms with Gasteiger partial charge in [0.05, 0.1) is 15.6 Å². The van der Waals surface area contributed by atoms with Gasteiger partial charge in [-0.15, -0.1) is 11.3 Å². The number of amides is 2. The highest BCUT2D eigenvalue weighted by Gasteiger charge is 2.27. The highest BCUT2D eigenvalue weighted by atomic mass is 35.5. The van der Waals surface area contributed by atoms with E-state index in [0.717, 1.165) is 29.7 Å². The Labute approximate surface area is 204 Å². The standard InChI is InChI=1S/C24H19Cl2N3O3S/c1-12-5-7-16-19(9-12)33-24(20(16)22(28)30)29-23(31)13(11-27)10-14-6-8-18(32-14)15-3-2-4-17(25)21(15)26/h2-4,6,8,10,12H,5,7,9H2,1H3,(H2,28,30)(H,29,31). The molecule has 1 aliphatic carbocycles. The smallest absolute Gasteiger partial charge is 0.267 e. The molecule has 2 aromatic heterocycles. The molecule has 1 aromatic carbocycles. The van der Waals surface area contributed by atoms with Crippen LogP contribution in [0.5, 0.6) is 0 Å². The average Bonchev–Trinajstić information content (AvgIpc) is 3.37. The van der Waals surface area contributed by atoms with Crippen molar-refractivity contribution in [3.8, 4) is 17.4 Å². The normalized spacial score (nSPS) is 15.6. The first-order valence-electron chi connectivity index (χ1n) is 10.2. The van der Waals surface area contributed by atoms with Crippen LogP contribution in [0.4, 0.5) is 5.00 Å². The van der Waals surface area contributed by atoms with Crippen molar-refractivity contribution in [3.63, 3.8) is 0 Å². The molecule has 0 spiro atoms. The number of hydrogen-bond donors (Lipinski definition) is 2. The Morgan fingerprint density at radius 2 is 2.09 bits per heavy atom. The number of nitrogens with zero attached hydrogens (tertiary/aromatic N) is 1. The number of fused-ring (bicyclic) bond motifs is 1. The Balaban J connectivity index is 1.60. The Hall–Kier alpha value is -3.05. The molecule has 168 valence electrons. The molecule has 9 heteroatoms. The molecule has 0 bridgehead atoms. The van der Waals surface area contributed by atoms with Crippen molar-refractivity contribution in [3.05, 3.63) is 67.7 Å². The Morgan fingerprint density at radius 1 is 1.30 bits per heavy atom. The molecular weight excluding hydrogens is 481 g/mol. The monoisotopic (exact) mass is 499 g/mol. The van der Waals surface area contributed by atoms with Crippen LogP contribution in [0.25, 0.3) is 17.4 Å². The second-order valence-corrected chi connectivity index (χ2v) is 9.74. The molecule has 1 aliphatic rings. The fourth-order valence-corrected chi connectivity index (χ4v) is 5.63. The van der Waals surface area contributed by atoms with Gasteiger partial charge in [0, 0.05) is 16.5 Å². The van der Waals surface area contributed by atoms with Gasteiger partial charge in [0.1, 0.15) is 28.2 Å². The minimum atomic E-state index is -0.648. The fourth-order valence-electron chi connectivity index (χ4n) is 3.83. The number of benzene rings is 1. The number of nitriles is 1. The molecule has 0 fully saturated rings. The molecular formula is C24H19Cl2N3O3S. The summed E-state index contributed by atoms with van der Waals surface area (Å²) in [5, 5.41) is 13.4. The fraction of sp³-hybridized carbons (Fsp3) is 0.208. The van der Waals surface area contributed by atoms with Crippen molar-refractivity contribution in [2.45, 2.75) is 26.2 Å². The number of halogens is 2. The molecule has 3 N–H and O–H groups in total. The Kier molecular flexibility index (Phi) is 6.61. The van der Waals surface area contributed by atoms with Crippen molar-refractivity contribution in [1.29, 1.82) is 5.26 Å². The van der Waals surface area contributed by atoms with Gasteiger partial charge in [-0.25, -0.2) is 0 Å². The summed E-state index contributed by atoms with van der Waals surface area (Å²) in [5.74, 6) is 0.000113. The van der Waals surface area contributed by atoms with Crippen LogP contribution >= 0.6 is 34.5 Å². The number of thiophene rings is 1. The minimum Gasteiger partial charge on any atom is -0.457 e. The molecule has 0 saturated carbocycles. The largest absolute Gasteiger partial charge is 0.457 e. The predicted octanol–water partition coefficient (Wildman–Crippen LogP) is 6.08. The van der Waals surface area contributed by atoms with Gasteiger partial charge < -0.3 is 15.5 Å². The molecule has 6 nitrogen and oxygen atoms in total. The van der Waals surface area contributed by atoms with E-state index < -0.39 is 11.8 Å². The molecule has 1 unspecified atom stereocenters. The summed E-state index contributed by atoms with van der Waals surface area (Å²) in [7, 11) is 0. The maximum absolute atomic E-state index is 12.8. The van der Waals surface area contributed by atoms with Crippen molar-refractivity contribution in [1.82, 2.24) is 0 Å². The van der Waals surface area contributed by atoms with E-state index in [-0.39, 0.29) is 5.57 Å². The topological polar surface area (TPSA) is 109 Å². The van der Waals surface area contributed by atoms with E-state index in [2.05, 4.69) is 12.2 Å². The first kappa shape index (κ1) is 23.1. The lowest BCUT2D eigenvalue weighted by Crippen LogP contribution is -2.19. The van der Waals surface area contributed by atoms with Gasteiger partial charge in [-0.1, -0.05) is 36.2 Å². The highest BCUT2D eigenvalue weighted by Crippen LogP contribution is 2.40. The number of rotatable bonds is 5. The Bertz CT molecular complexity index is 1330. The number of carbonyl (C=O) groups is 2. The van der Waals surface area contributed by atoms with E-state index in [1.54, 1.807) is 30.3 Å². The van der Waals surface area contributed by atoms with Crippen LogP contribution in [0, 0.1) is 17.2 Å². The van der Waals surface area contributed by atoms with E-state index in [9.17, 15) is 14.9 Å². The van der Waals surface area contributed by atoms with Gasteiger partial charge in [-0.3, -0.25) is 9.59 Å². The van der Waals surface area contributed by atoms with Crippen LogP contribution in [0.1, 0.15) is 39.9 Å². The lowest BCUT2D eigenvalue weighted by molar-refractivity contribution is -0.112.